The molecule has 2 N–H and O–H groups in total. The van der Waals surface area contributed by atoms with Crippen molar-refractivity contribution in [1.29, 1.82) is 0 Å². The van der Waals surface area contributed by atoms with Crippen LogP contribution in [-0.2, 0) is 11.3 Å². The Morgan fingerprint density at radius 1 is 1.16 bits per heavy atom. The quantitative estimate of drug-likeness (QED) is 0.404. The molecule has 1 fully saturated rings. The highest BCUT2D eigenvalue weighted by Gasteiger charge is 2.25. The third kappa shape index (κ3) is 5.08. The van der Waals surface area contributed by atoms with Crippen molar-refractivity contribution in [2.75, 3.05) is 6.54 Å². The summed E-state index contributed by atoms with van der Waals surface area (Å²) >= 11 is 5.86. The molecule has 0 aliphatic heterocycles. The third-order valence-corrected chi connectivity index (χ3v) is 5.91. The van der Waals surface area contributed by atoms with Gasteiger partial charge in [0, 0.05) is 31.1 Å². The summed E-state index contributed by atoms with van der Waals surface area (Å²) in [4.78, 5) is 26.3. The lowest BCUT2D eigenvalue weighted by Gasteiger charge is -2.22. The van der Waals surface area contributed by atoms with E-state index in [1.54, 1.807) is 13.1 Å². The van der Waals surface area contributed by atoms with E-state index in [0.717, 1.165) is 28.4 Å². The number of carbonyl (C=O) groups is 2. The minimum atomic E-state index is -0.429. The minimum Gasteiger partial charge on any atom is -0.506 e. The fourth-order valence-corrected chi connectivity index (χ4v) is 3.81. The summed E-state index contributed by atoms with van der Waals surface area (Å²) in [5, 5.41) is 15.7. The van der Waals surface area contributed by atoms with E-state index in [1.807, 2.05) is 41.3 Å². The highest BCUT2D eigenvalue weighted by molar-refractivity contribution is 6.32. The number of halogens is 1. The number of fused-ring (bicyclic) bond motifs is 1. The largest absolute Gasteiger partial charge is 0.506 e. The van der Waals surface area contributed by atoms with Crippen molar-refractivity contribution >= 4 is 40.4 Å². The molecule has 4 rings (SSSR count). The maximum absolute atomic E-state index is 12.3. The predicted octanol–water partition coefficient (Wildman–Crippen LogP) is 4.72. The van der Waals surface area contributed by atoms with Gasteiger partial charge in [-0.1, -0.05) is 48.0 Å². The van der Waals surface area contributed by atoms with Gasteiger partial charge >= 0.3 is 0 Å². The van der Waals surface area contributed by atoms with Crippen LogP contribution >= 0.6 is 11.6 Å². The number of phenols is 1. The maximum atomic E-state index is 12.3. The van der Waals surface area contributed by atoms with E-state index in [-0.39, 0.29) is 16.7 Å². The lowest BCUT2D eigenvalue weighted by atomic mass is 9.99. The van der Waals surface area contributed by atoms with Gasteiger partial charge in [-0.2, -0.15) is 5.10 Å². The summed E-state index contributed by atoms with van der Waals surface area (Å²) in [5.74, 6) is 0.201. The number of hydrogen-bond donors (Lipinski definition) is 2. The van der Waals surface area contributed by atoms with Crippen molar-refractivity contribution in [1.82, 2.24) is 10.3 Å². The molecule has 6 nitrogen and oxygen atoms in total. The molecule has 0 bridgehead atoms. The number of benzene rings is 3. The Bertz CT molecular complexity index is 1200. The molecular formula is C25H24ClN3O3. The second-order valence-corrected chi connectivity index (χ2v) is 8.47. The number of nitrogens with zero attached hydrogens (tertiary/aromatic N) is 2. The zero-order valence-electron chi connectivity index (χ0n) is 17.7. The molecule has 0 radical (unpaired) electrons. The lowest BCUT2D eigenvalue weighted by molar-refractivity contribution is -0.129. The number of carbonyl (C=O) groups excluding carboxylic acids is 2. The molecule has 0 saturated heterocycles. The van der Waals surface area contributed by atoms with E-state index < -0.39 is 5.91 Å². The van der Waals surface area contributed by atoms with Gasteiger partial charge in [-0.05, 0) is 53.3 Å². The smallest absolute Gasteiger partial charge is 0.271 e. The van der Waals surface area contributed by atoms with Gasteiger partial charge in [0.25, 0.3) is 5.91 Å². The van der Waals surface area contributed by atoms with Crippen LogP contribution in [0.15, 0.2) is 59.7 Å². The first-order chi connectivity index (χ1) is 15.4. The van der Waals surface area contributed by atoms with Crippen LogP contribution in [-0.4, -0.2) is 34.6 Å². The number of phenolic OH excluding ortho intramolecular Hbond substituents is 1. The average Bonchev–Trinajstić information content (AvgIpc) is 3.60. The van der Waals surface area contributed by atoms with Crippen molar-refractivity contribution in [3.63, 3.8) is 0 Å². The van der Waals surface area contributed by atoms with Crippen molar-refractivity contribution in [2.45, 2.75) is 26.3 Å². The van der Waals surface area contributed by atoms with Crippen LogP contribution in [0.1, 0.15) is 41.3 Å². The van der Waals surface area contributed by atoms with E-state index in [2.05, 4.69) is 10.5 Å². The van der Waals surface area contributed by atoms with Gasteiger partial charge in [0.2, 0.25) is 5.91 Å². The molecule has 0 atom stereocenters. The van der Waals surface area contributed by atoms with Gasteiger partial charge < -0.3 is 10.0 Å². The molecule has 0 spiro atoms. The first kappa shape index (κ1) is 21.8. The Labute approximate surface area is 191 Å². The van der Waals surface area contributed by atoms with Crippen LogP contribution in [0.2, 0.25) is 5.02 Å². The summed E-state index contributed by atoms with van der Waals surface area (Å²) in [6.45, 7) is 3.00. The van der Waals surface area contributed by atoms with Gasteiger partial charge in [-0.25, -0.2) is 5.43 Å². The maximum Gasteiger partial charge on any atom is 0.271 e. The summed E-state index contributed by atoms with van der Waals surface area (Å²) in [6, 6.07) is 16.1. The predicted molar refractivity (Wildman–Crippen MR) is 126 cm³/mol. The molecular weight excluding hydrogens is 426 g/mol. The Morgan fingerprint density at radius 2 is 1.91 bits per heavy atom. The molecule has 2 amide bonds. The van der Waals surface area contributed by atoms with E-state index in [4.69, 9.17) is 11.6 Å². The zero-order chi connectivity index (χ0) is 22.7. The second-order valence-electron chi connectivity index (χ2n) is 8.07. The standard InChI is InChI=1S/C25H24ClN3O3/c1-16(30)29(14-17-6-7-17)15-20-9-8-19(21-4-2-3-5-22(20)21)13-27-28-25(32)18-10-11-24(31)23(26)12-18/h2-5,8-13,17,31H,6-7,14-15H2,1H3,(H,28,32). The number of amides is 2. The van der Waals surface area contributed by atoms with Gasteiger partial charge in [-0.3, -0.25) is 9.59 Å². The highest BCUT2D eigenvalue weighted by atomic mass is 35.5. The Morgan fingerprint density at radius 3 is 2.59 bits per heavy atom. The topological polar surface area (TPSA) is 82.0 Å². The van der Waals surface area contributed by atoms with Crippen molar-refractivity contribution in [3.8, 4) is 5.75 Å². The lowest BCUT2D eigenvalue weighted by Crippen LogP contribution is -2.30. The second kappa shape index (κ2) is 9.40. The molecule has 164 valence electrons. The molecule has 3 aromatic carbocycles. The van der Waals surface area contributed by atoms with Crippen LogP contribution in [0, 0.1) is 5.92 Å². The first-order valence-electron chi connectivity index (χ1n) is 10.5. The summed E-state index contributed by atoms with van der Waals surface area (Å²) in [7, 11) is 0. The van der Waals surface area contributed by atoms with E-state index in [1.165, 1.54) is 31.0 Å². The Kier molecular flexibility index (Phi) is 6.42. The fraction of sp³-hybridized carbons (Fsp3) is 0.240. The zero-order valence-corrected chi connectivity index (χ0v) is 18.5. The van der Waals surface area contributed by atoms with Crippen molar-refractivity contribution < 1.29 is 14.7 Å². The first-order valence-corrected chi connectivity index (χ1v) is 10.9. The van der Waals surface area contributed by atoms with Crippen LogP contribution in [0.4, 0.5) is 0 Å². The van der Waals surface area contributed by atoms with Crippen LogP contribution in [0.3, 0.4) is 0 Å². The van der Waals surface area contributed by atoms with Gasteiger partial charge in [0.15, 0.2) is 0 Å². The minimum absolute atomic E-state index is 0.0845. The average molecular weight is 450 g/mol. The normalized spacial score (nSPS) is 13.4. The Hall–Kier alpha value is -3.38. The molecule has 32 heavy (non-hydrogen) atoms. The fourth-order valence-electron chi connectivity index (χ4n) is 3.63. The van der Waals surface area contributed by atoms with Gasteiger partial charge in [0.05, 0.1) is 11.2 Å². The van der Waals surface area contributed by atoms with E-state index in [9.17, 15) is 14.7 Å². The van der Waals surface area contributed by atoms with Gasteiger partial charge in [-0.15, -0.1) is 0 Å². The van der Waals surface area contributed by atoms with Crippen LogP contribution < -0.4 is 5.43 Å². The van der Waals surface area contributed by atoms with Gasteiger partial charge in [0.1, 0.15) is 5.75 Å². The molecule has 0 heterocycles. The Balaban J connectivity index is 1.53. The molecule has 1 saturated carbocycles. The number of nitrogens with one attached hydrogen (secondary N) is 1. The molecule has 0 aromatic heterocycles. The summed E-state index contributed by atoms with van der Waals surface area (Å²) in [5.41, 5.74) is 4.71. The molecule has 1 aliphatic rings. The third-order valence-electron chi connectivity index (χ3n) is 5.61. The summed E-state index contributed by atoms with van der Waals surface area (Å²) in [6.07, 6.45) is 3.99. The van der Waals surface area contributed by atoms with Crippen molar-refractivity contribution in [2.24, 2.45) is 11.0 Å². The SMILES string of the molecule is CC(=O)N(Cc1ccc(C=NNC(=O)c2ccc(O)c(Cl)c2)c2ccccc12)CC1CC1. The number of hydrazone groups is 1. The molecule has 7 heteroatoms. The van der Waals surface area contributed by atoms with E-state index in [0.29, 0.717) is 18.0 Å². The summed E-state index contributed by atoms with van der Waals surface area (Å²) < 4.78 is 0. The molecule has 1 aliphatic carbocycles. The number of rotatable bonds is 7. The number of aromatic hydroxyl groups is 1. The van der Waals surface area contributed by atoms with E-state index >= 15 is 0 Å². The monoisotopic (exact) mass is 449 g/mol. The molecule has 0 unspecified atom stereocenters. The van der Waals surface area contributed by atoms with Crippen LogP contribution in [0.25, 0.3) is 10.8 Å². The van der Waals surface area contributed by atoms with Crippen LogP contribution in [0.5, 0.6) is 5.75 Å². The molecule has 3 aromatic rings. The highest BCUT2D eigenvalue weighted by Crippen LogP contribution is 2.31. The van der Waals surface area contributed by atoms with Crippen molar-refractivity contribution in [3.05, 3.63) is 76.3 Å². The number of hydrogen-bond acceptors (Lipinski definition) is 4.